The minimum Gasteiger partial charge on any atom is -0.316 e. The fraction of sp³-hybridized carbons (Fsp3) is 0.545. The summed E-state index contributed by atoms with van der Waals surface area (Å²) in [4.78, 5) is 13.2. The van der Waals surface area contributed by atoms with Gasteiger partial charge in [-0.15, -0.1) is 0 Å². The van der Waals surface area contributed by atoms with E-state index in [0.717, 1.165) is 19.4 Å². The molecular weight excluding hydrogens is 162 g/mol. The molecule has 1 aliphatic heterocycles. The van der Waals surface area contributed by atoms with Crippen LogP contribution in [0.3, 0.4) is 0 Å². The smallest absolute Gasteiger partial charge is 0.223 e. The zero-order valence-corrected chi connectivity index (χ0v) is 8.21. The highest BCUT2D eigenvalue weighted by Gasteiger charge is 2.30. The predicted molar refractivity (Wildman–Crippen MR) is 52.0 cm³/mol. The Morgan fingerprint density at radius 3 is 3.08 bits per heavy atom. The van der Waals surface area contributed by atoms with Crippen LogP contribution >= 0.6 is 0 Å². The molecule has 2 rings (SSSR count). The maximum Gasteiger partial charge on any atom is 0.223 e. The number of hydrogen-bond donors (Lipinski definition) is 0. The third-order valence-corrected chi connectivity index (χ3v) is 2.91. The van der Waals surface area contributed by atoms with Crippen LogP contribution in [-0.4, -0.2) is 17.4 Å². The van der Waals surface area contributed by atoms with Gasteiger partial charge in [-0.05, 0) is 25.8 Å². The zero-order chi connectivity index (χ0) is 9.42. The van der Waals surface area contributed by atoms with E-state index in [1.54, 1.807) is 6.92 Å². The number of amides is 1. The summed E-state index contributed by atoms with van der Waals surface area (Å²) in [7, 11) is 0. The first-order valence-corrected chi connectivity index (χ1v) is 4.85. The first-order chi connectivity index (χ1) is 6.18. The Hall–Kier alpha value is -1.05. The lowest BCUT2D eigenvalue weighted by molar-refractivity contribution is -0.126. The van der Waals surface area contributed by atoms with E-state index in [9.17, 15) is 4.79 Å². The summed E-state index contributed by atoms with van der Waals surface area (Å²) in [6.45, 7) is 4.66. The SMILES string of the molecule is CC(=O)N1CCC2CC=C(C)C=C21. The number of likely N-dealkylation sites (tertiary alicyclic amines) is 1. The number of carbonyl (C=O) groups is 1. The Bertz CT molecular complexity index is 301. The fourth-order valence-electron chi connectivity index (χ4n) is 2.18. The zero-order valence-electron chi connectivity index (χ0n) is 8.21. The van der Waals surface area contributed by atoms with Crippen LogP contribution in [0.1, 0.15) is 26.7 Å². The van der Waals surface area contributed by atoms with Crippen molar-refractivity contribution in [2.24, 2.45) is 5.92 Å². The summed E-state index contributed by atoms with van der Waals surface area (Å²) in [6, 6.07) is 0. The van der Waals surface area contributed by atoms with Gasteiger partial charge in [0.1, 0.15) is 0 Å². The second kappa shape index (κ2) is 3.02. The predicted octanol–water partition coefficient (Wildman–Crippen LogP) is 2.09. The van der Waals surface area contributed by atoms with Gasteiger partial charge in [-0.25, -0.2) is 0 Å². The van der Waals surface area contributed by atoms with Crippen molar-refractivity contribution in [3.8, 4) is 0 Å². The number of carbonyl (C=O) groups excluding carboxylic acids is 1. The molecule has 2 aliphatic rings. The first-order valence-electron chi connectivity index (χ1n) is 4.85. The van der Waals surface area contributed by atoms with Crippen molar-refractivity contribution in [1.29, 1.82) is 0 Å². The van der Waals surface area contributed by atoms with Crippen LogP contribution in [-0.2, 0) is 4.79 Å². The van der Waals surface area contributed by atoms with Gasteiger partial charge in [-0.1, -0.05) is 11.6 Å². The topological polar surface area (TPSA) is 20.3 Å². The fourth-order valence-corrected chi connectivity index (χ4v) is 2.18. The molecular formula is C11H15NO. The molecule has 1 fully saturated rings. The van der Waals surface area contributed by atoms with Crippen LogP contribution in [0.4, 0.5) is 0 Å². The van der Waals surface area contributed by atoms with Gasteiger partial charge in [0.2, 0.25) is 5.91 Å². The molecule has 0 saturated carbocycles. The van der Waals surface area contributed by atoms with Crippen molar-refractivity contribution < 1.29 is 4.79 Å². The van der Waals surface area contributed by atoms with Gasteiger partial charge >= 0.3 is 0 Å². The molecule has 0 N–H and O–H groups in total. The number of nitrogens with zero attached hydrogens (tertiary/aromatic N) is 1. The lowest BCUT2D eigenvalue weighted by atomic mass is 9.94. The van der Waals surface area contributed by atoms with Crippen molar-refractivity contribution in [2.75, 3.05) is 6.54 Å². The molecule has 1 amide bonds. The van der Waals surface area contributed by atoms with Crippen LogP contribution in [0.15, 0.2) is 23.4 Å². The average Bonchev–Trinajstić information content (AvgIpc) is 2.46. The van der Waals surface area contributed by atoms with Crippen molar-refractivity contribution in [3.63, 3.8) is 0 Å². The van der Waals surface area contributed by atoms with Gasteiger partial charge in [0.05, 0.1) is 0 Å². The Labute approximate surface area is 78.9 Å². The molecule has 0 aromatic rings. The number of fused-ring (bicyclic) bond motifs is 1. The van der Waals surface area contributed by atoms with Crippen LogP contribution in [0, 0.1) is 5.92 Å². The number of hydrogen-bond acceptors (Lipinski definition) is 1. The molecule has 1 aliphatic carbocycles. The highest BCUT2D eigenvalue weighted by molar-refractivity contribution is 5.76. The minimum atomic E-state index is 0.184. The lowest BCUT2D eigenvalue weighted by Crippen LogP contribution is -2.24. The lowest BCUT2D eigenvalue weighted by Gasteiger charge is -2.21. The summed E-state index contributed by atoms with van der Waals surface area (Å²) in [5.41, 5.74) is 2.53. The van der Waals surface area contributed by atoms with Crippen LogP contribution in [0.2, 0.25) is 0 Å². The van der Waals surface area contributed by atoms with Crippen LogP contribution < -0.4 is 0 Å². The molecule has 2 heteroatoms. The third-order valence-electron chi connectivity index (χ3n) is 2.91. The molecule has 13 heavy (non-hydrogen) atoms. The van der Waals surface area contributed by atoms with Gasteiger partial charge in [-0.3, -0.25) is 4.79 Å². The van der Waals surface area contributed by atoms with Gasteiger partial charge in [0.15, 0.2) is 0 Å². The quantitative estimate of drug-likeness (QED) is 0.555. The molecule has 0 radical (unpaired) electrons. The van der Waals surface area contributed by atoms with Crippen molar-refractivity contribution >= 4 is 5.91 Å². The molecule has 0 aromatic heterocycles. The standard InChI is InChI=1S/C11H15NO/c1-8-3-4-10-5-6-12(9(2)13)11(10)7-8/h3,7,10H,4-6H2,1-2H3. The molecule has 1 unspecified atom stereocenters. The summed E-state index contributed by atoms with van der Waals surface area (Å²) in [6.07, 6.45) is 6.66. The van der Waals surface area contributed by atoms with E-state index in [1.165, 1.54) is 11.3 Å². The van der Waals surface area contributed by atoms with E-state index in [4.69, 9.17) is 0 Å². The van der Waals surface area contributed by atoms with E-state index in [1.807, 2.05) is 4.90 Å². The minimum absolute atomic E-state index is 0.184. The summed E-state index contributed by atoms with van der Waals surface area (Å²) in [5.74, 6) is 0.788. The maximum absolute atomic E-state index is 11.3. The molecule has 70 valence electrons. The Morgan fingerprint density at radius 1 is 1.62 bits per heavy atom. The maximum atomic E-state index is 11.3. The van der Waals surface area contributed by atoms with Gasteiger partial charge in [-0.2, -0.15) is 0 Å². The summed E-state index contributed by atoms with van der Waals surface area (Å²) in [5, 5.41) is 0. The normalized spacial score (nSPS) is 26.6. The summed E-state index contributed by atoms with van der Waals surface area (Å²) < 4.78 is 0. The molecule has 0 bridgehead atoms. The van der Waals surface area contributed by atoms with Crippen molar-refractivity contribution in [2.45, 2.75) is 26.7 Å². The highest BCUT2D eigenvalue weighted by Crippen LogP contribution is 2.34. The summed E-state index contributed by atoms with van der Waals surface area (Å²) >= 11 is 0. The van der Waals surface area contributed by atoms with Crippen LogP contribution in [0.25, 0.3) is 0 Å². The van der Waals surface area contributed by atoms with Crippen molar-refractivity contribution in [3.05, 3.63) is 23.4 Å². The number of allylic oxidation sites excluding steroid dienone is 4. The Morgan fingerprint density at radius 2 is 2.38 bits per heavy atom. The first kappa shape index (κ1) is 8.54. The average molecular weight is 177 g/mol. The highest BCUT2D eigenvalue weighted by atomic mass is 16.2. The Balaban J connectivity index is 2.28. The number of rotatable bonds is 0. The van der Waals surface area contributed by atoms with E-state index < -0.39 is 0 Å². The molecule has 1 atom stereocenters. The van der Waals surface area contributed by atoms with E-state index in [2.05, 4.69) is 19.1 Å². The van der Waals surface area contributed by atoms with Crippen molar-refractivity contribution in [1.82, 2.24) is 4.90 Å². The molecule has 2 nitrogen and oxygen atoms in total. The van der Waals surface area contributed by atoms with Crippen LogP contribution in [0.5, 0.6) is 0 Å². The molecule has 1 saturated heterocycles. The largest absolute Gasteiger partial charge is 0.316 e. The molecule has 1 heterocycles. The third kappa shape index (κ3) is 1.41. The van der Waals surface area contributed by atoms with Gasteiger partial charge in [0, 0.05) is 25.1 Å². The monoisotopic (exact) mass is 177 g/mol. The van der Waals surface area contributed by atoms with E-state index in [0.29, 0.717) is 5.92 Å². The van der Waals surface area contributed by atoms with E-state index >= 15 is 0 Å². The van der Waals surface area contributed by atoms with E-state index in [-0.39, 0.29) is 5.91 Å². The Kier molecular flexibility index (Phi) is 1.98. The van der Waals surface area contributed by atoms with Gasteiger partial charge < -0.3 is 4.90 Å². The van der Waals surface area contributed by atoms with Gasteiger partial charge in [0.25, 0.3) is 0 Å². The molecule has 0 aromatic carbocycles. The molecule has 0 spiro atoms. The second-order valence-corrected chi connectivity index (χ2v) is 3.91. The second-order valence-electron chi connectivity index (χ2n) is 3.91.